The van der Waals surface area contributed by atoms with Gasteiger partial charge in [0.1, 0.15) is 0 Å². The molecule has 1 rings (SSSR count). The standard InChI is InChI=1S/C15H23Cl/c1-4-5-6-7-9-13-10-8-11-14(12(2)3)15(13)16/h8,10-12H,4-7,9H2,1-3H3. The normalized spacial score (nSPS) is 11.1. The van der Waals surface area contributed by atoms with E-state index in [-0.39, 0.29) is 0 Å². The Morgan fingerprint density at radius 3 is 2.50 bits per heavy atom. The molecule has 0 aliphatic heterocycles. The van der Waals surface area contributed by atoms with Crippen molar-refractivity contribution in [2.45, 2.75) is 58.8 Å². The van der Waals surface area contributed by atoms with Crippen molar-refractivity contribution in [3.05, 3.63) is 34.3 Å². The quantitative estimate of drug-likeness (QED) is 0.567. The zero-order valence-electron chi connectivity index (χ0n) is 10.7. The van der Waals surface area contributed by atoms with Crippen LogP contribution in [0.2, 0.25) is 5.02 Å². The lowest BCUT2D eigenvalue weighted by atomic mass is 9.98. The van der Waals surface area contributed by atoms with E-state index in [0.29, 0.717) is 5.92 Å². The Hall–Kier alpha value is -0.490. The summed E-state index contributed by atoms with van der Waals surface area (Å²) in [5.74, 6) is 0.517. The highest BCUT2D eigenvalue weighted by Crippen LogP contribution is 2.28. The molecule has 1 aromatic rings. The maximum absolute atomic E-state index is 6.42. The van der Waals surface area contributed by atoms with Crippen molar-refractivity contribution < 1.29 is 0 Å². The summed E-state index contributed by atoms with van der Waals surface area (Å²) >= 11 is 6.42. The van der Waals surface area contributed by atoms with Gasteiger partial charge in [0, 0.05) is 5.02 Å². The molecule has 0 aliphatic carbocycles. The van der Waals surface area contributed by atoms with Gasteiger partial charge in [-0.3, -0.25) is 0 Å². The van der Waals surface area contributed by atoms with Crippen LogP contribution in [0.1, 0.15) is 63.5 Å². The minimum absolute atomic E-state index is 0.517. The van der Waals surface area contributed by atoms with E-state index >= 15 is 0 Å². The number of hydrogen-bond acceptors (Lipinski definition) is 0. The first-order valence-electron chi connectivity index (χ1n) is 6.44. The molecule has 0 amide bonds. The average Bonchev–Trinajstić information content (AvgIpc) is 2.26. The maximum Gasteiger partial charge on any atom is 0.0472 e. The molecule has 0 heterocycles. The molecule has 0 atom stereocenters. The molecule has 0 saturated heterocycles. The maximum atomic E-state index is 6.42. The van der Waals surface area contributed by atoms with Crippen LogP contribution in [0, 0.1) is 0 Å². The summed E-state index contributed by atoms with van der Waals surface area (Å²) in [5.41, 5.74) is 2.61. The minimum Gasteiger partial charge on any atom is -0.0837 e. The Morgan fingerprint density at radius 1 is 1.12 bits per heavy atom. The molecule has 1 heteroatoms. The topological polar surface area (TPSA) is 0 Å². The van der Waals surface area contributed by atoms with Crippen LogP contribution in [0.4, 0.5) is 0 Å². The fourth-order valence-electron chi connectivity index (χ4n) is 1.98. The second kappa shape index (κ2) is 6.96. The highest BCUT2D eigenvalue weighted by Gasteiger charge is 2.08. The van der Waals surface area contributed by atoms with E-state index in [4.69, 9.17) is 11.6 Å². The lowest BCUT2D eigenvalue weighted by Gasteiger charge is -2.12. The van der Waals surface area contributed by atoms with Gasteiger partial charge in [0.2, 0.25) is 0 Å². The van der Waals surface area contributed by atoms with E-state index in [9.17, 15) is 0 Å². The van der Waals surface area contributed by atoms with Gasteiger partial charge < -0.3 is 0 Å². The molecule has 0 N–H and O–H groups in total. The zero-order chi connectivity index (χ0) is 12.0. The molecule has 0 bridgehead atoms. The highest BCUT2D eigenvalue weighted by molar-refractivity contribution is 6.32. The summed E-state index contributed by atoms with van der Waals surface area (Å²) in [4.78, 5) is 0. The first-order valence-corrected chi connectivity index (χ1v) is 6.81. The molecule has 0 nitrogen and oxygen atoms in total. The Morgan fingerprint density at radius 2 is 1.88 bits per heavy atom. The van der Waals surface area contributed by atoms with Gasteiger partial charge in [-0.15, -0.1) is 0 Å². The Labute approximate surface area is 105 Å². The molecule has 0 unspecified atom stereocenters. The van der Waals surface area contributed by atoms with Crippen molar-refractivity contribution in [2.75, 3.05) is 0 Å². The molecule has 16 heavy (non-hydrogen) atoms. The fourth-order valence-corrected chi connectivity index (χ4v) is 2.42. The summed E-state index contributed by atoms with van der Waals surface area (Å²) < 4.78 is 0. The Kier molecular flexibility index (Phi) is 5.90. The fraction of sp³-hybridized carbons (Fsp3) is 0.600. The van der Waals surface area contributed by atoms with E-state index in [1.807, 2.05) is 0 Å². The largest absolute Gasteiger partial charge is 0.0837 e. The van der Waals surface area contributed by atoms with Crippen LogP contribution >= 0.6 is 11.6 Å². The Bertz CT molecular complexity index is 315. The number of aryl methyl sites for hydroxylation is 1. The van der Waals surface area contributed by atoms with E-state index in [0.717, 1.165) is 11.4 Å². The van der Waals surface area contributed by atoms with E-state index in [1.54, 1.807) is 0 Å². The number of rotatable bonds is 6. The van der Waals surface area contributed by atoms with Gasteiger partial charge >= 0.3 is 0 Å². The summed E-state index contributed by atoms with van der Waals surface area (Å²) in [6.45, 7) is 6.64. The van der Waals surface area contributed by atoms with Gasteiger partial charge in [-0.2, -0.15) is 0 Å². The summed E-state index contributed by atoms with van der Waals surface area (Å²) in [6.07, 6.45) is 6.33. The first kappa shape index (κ1) is 13.6. The van der Waals surface area contributed by atoms with Gasteiger partial charge in [0.05, 0.1) is 0 Å². The van der Waals surface area contributed by atoms with Gasteiger partial charge in [-0.1, -0.05) is 69.8 Å². The number of hydrogen-bond donors (Lipinski definition) is 0. The van der Waals surface area contributed by atoms with Crippen LogP contribution in [0.15, 0.2) is 18.2 Å². The molecule has 0 saturated carbocycles. The third kappa shape index (κ3) is 3.83. The van der Waals surface area contributed by atoms with Crippen LogP contribution < -0.4 is 0 Å². The number of benzene rings is 1. The van der Waals surface area contributed by atoms with Crippen molar-refractivity contribution in [3.63, 3.8) is 0 Å². The molecule has 1 aromatic carbocycles. The van der Waals surface area contributed by atoms with Crippen molar-refractivity contribution in [3.8, 4) is 0 Å². The molecule has 0 spiro atoms. The monoisotopic (exact) mass is 238 g/mol. The van der Waals surface area contributed by atoms with Gasteiger partial charge in [-0.25, -0.2) is 0 Å². The van der Waals surface area contributed by atoms with Crippen LogP contribution in [0.3, 0.4) is 0 Å². The molecule has 0 radical (unpaired) electrons. The van der Waals surface area contributed by atoms with E-state index < -0.39 is 0 Å². The summed E-state index contributed by atoms with van der Waals surface area (Å²) in [5, 5.41) is 0.994. The second-order valence-electron chi connectivity index (χ2n) is 4.79. The van der Waals surface area contributed by atoms with Crippen molar-refractivity contribution in [2.24, 2.45) is 0 Å². The smallest absolute Gasteiger partial charge is 0.0472 e. The summed E-state index contributed by atoms with van der Waals surface area (Å²) in [7, 11) is 0. The zero-order valence-corrected chi connectivity index (χ0v) is 11.5. The second-order valence-corrected chi connectivity index (χ2v) is 5.16. The van der Waals surface area contributed by atoms with Crippen molar-refractivity contribution in [1.82, 2.24) is 0 Å². The lowest BCUT2D eigenvalue weighted by molar-refractivity contribution is 0.666. The predicted molar refractivity (Wildman–Crippen MR) is 73.4 cm³/mol. The Balaban J connectivity index is 2.62. The first-order chi connectivity index (χ1) is 7.66. The van der Waals surface area contributed by atoms with E-state index in [2.05, 4.69) is 39.0 Å². The van der Waals surface area contributed by atoms with Crippen LogP contribution in [0.25, 0.3) is 0 Å². The SMILES string of the molecule is CCCCCCc1cccc(C(C)C)c1Cl. The number of halogens is 1. The van der Waals surface area contributed by atoms with Crippen molar-refractivity contribution >= 4 is 11.6 Å². The van der Waals surface area contributed by atoms with Gasteiger partial charge in [-0.05, 0) is 29.9 Å². The third-order valence-corrected chi connectivity index (χ3v) is 3.49. The van der Waals surface area contributed by atoms with Gasteiger partial charge in [0.15, 0.2) is 0 Å². The summed E-state index contributed by atoms with van der Waals surface area (Å²) in [6, 6.07) is 6.44. The average molecular weight is 239 g/mol. The van der Waals surface area contributed by atoms with Crippen LogP contribution in [-0.2, 0) is 6.42 Å². The predicted octanol–water partition coefficient (Wildman–Crippen LogP) is 5.59. The van der Waals surface area contributed by atoms with Gasteiger partial charge in [0.25, 0.3) is 0 Å². The van der Waals surface area contributed by atoms with Crippen molar-refractivity contribution in [1.29, 1.82) is 0 Å². The minimum atomic E-state index is 0.517. The molecule has 0 aromatic heterocycles. The molecule has 90 valence electrons. The highest BCUT2D eigenvalue weighted by atomic mass is 35.5. The molecular formula is C15H23Cl. The van der Waals surface area contributed by atoms with Crippen LogP contribution in [-0.4, -0.2) is 0 Å². The van der Waals surface area contributed by atoms with E-state index in [1.165, 1.54) is 36.8 Å². The number of unbranched alkanes of at least 4 members (excludes halogenated alkanes) is 3. The molecular weight excluding hydrogens is 216 g/mol. The van der Waals surface area contributed by atoms with Crippen LogP contribution in [0.5, 0.6) is 0 Å². The molecule has 0 fully saturated rings. The lowest BCUT2D eigenvalue weighted by Crippen LogP contribution is -1.94. The third-order valence-electron chi connectivity index (χ3n) is 3.03. The molecule has 0 aliphatic rings.